The van der Waals surface area contributed by atoms with Gasteiger partial charge in [0.25, 0.3) is 5.91 Å². The van der Waals surface area contributed by atoms with E-state index in [1.807, 2.05) is 5.38 Å². The van der Waals surface area contributed by atoms with Crippen molar-refractivity contribution in [1.82, 2.24) is 34.5 Å². The summed E-state index contributed by atoms with van der Waals surface area (Å²) >= 11 is 5.58. The van der Waals surface area contributed by atoms with E-state index in [-0.39, 0.29) is 52.9 Å². The largest absolute Gasteiger partial charge is 0.477 e. The highest BCUT2D eigenvalue weighted by Crippen LogP contribution is 2.32. The van der Waals surface area contributed by atoms with Gasteiger partial charge in [0.15, 0.2) is 17.7 Å². The van der Waals surface area contributed by atoms with Crippen LogP contribution in [0.3, 0.4) is 0 Å². The summed E-state index contributed by atoms with van der Waals surface area (Å²) in [5.74, 6) is -2.52. The summed E-state index contributed by atoms with van der Waals surface area (Å²) in [5.41, 5.74) is 6.63. The van der Waals surface area contributed by atoms with Gasteiger partial charge in [0.2, 0.25) is 5.91 Å². The number of carbonyl (C=O) groups excluding carboxylic acids is 3. The molecule has 0 unspecified atom stereocenters. The lowest BCUT2D eigenvalue weighted by Gasteiger charge is -2.45. The first-order chi connectivity index (χ1) is 27.2. The van der Waals surface area contributed by atoms with Crippen molar-refractivity contribution >= 4 is 80.8 Å². The summed E-state index contributed by atoms with van der Waals surface area (Å²) in [4.78, 5) is 64.1. The van der Waals surface area contributed by atoms with Gasteiger partial charge in [0, 0.05) is 28.4 Å². The van der Waals surface area contributed by atoms with Crippen LogP contribution in [0.4, 0.5) is 16.3 Å². The second-order valence-corrected chi connectivity index (χ2v) is 15.5. The molecule has 6 atom stereocenters. The Balaban J connectivity index is 0.964. The second-order valence-electron chi connectivity index (χ2n) is 12.8. The molecule has 3 amide bonds. The number of nitrogens with one attached hydrogen (secondary N) is 3. The van der Waals surface area contributed by atoms with Crippen molar-refractivity contribution in [2.75, 3.05) is 30.0 Å². The van der Waals surface area contributed by atoms with Crippen LogP contribution in [0.2, 0.25) is 0 Å². The maximum absolute atomic E-state index is 13.0. The number of rotatable bonds is 16. The molecule has 0 saturated carbocycles. The van der Waals surface area contributed by atoms with Crippen LogP contribution in [0.5, 0.6) is 0 Å². The standard InChI is InChI=1S/C33H37N9O12S3/c1-16-23(40-22(43)9-20-3-2-8-56-20)30(46)42(16)25(32(47)48)18(13-55)11-52-33(49)39-19-6-4-17(5-7-19)10-38-57(50,51)53-12-21-26(44)27(45)31(54-21)41-15-37-24-28(34)35-14-36-29(24)41/h2-8,14-16,21,23,26-27,31,38,44-45,55H,9-13H2,1H3,(H,39,49)(H,40,43)(H,47,48)(H2,34,35,36)/b25-18-/t16-,21-,23+,26-,27-,31-/m1/s1. The minimum Gasteiger partial charge on any atom is -0.477 e. The molecule has 3 aromatic heterocycles. The van der Waals surface area contributed by atoms with Crippen LogP contribution in [0, 0.1) is 0 Å². The summed E-state index contributed by atoms with van der Waals surface area (Å²) in [7, 11) is -4.37. The number of carboxylic acid groups (broad SMARTS) is 1. The number of carbonyl (C=O) groups is 4. The van der Waals surface area contributed by atoms with E-state index in [1.165, 1.54) is 52.8 Å². The molecule has 0 bridgehead atoms. The SMILES string of the molecule is C[C@@H]1[C@H](NC(=O)Cc2cccs2)C(=O)N1/C(C(=O)O)=C(\CS)COC(=O)Nc1ccc(CNS(=O)(=O)OC[C@H]2O[C@@H](n3cnc4c(N)ncnc43)[C@H](O)[C@@H]2O)cc1. The van der Waals surface area contributed by atoms with E-state index in [0.717, 1.165) is 9.78 Å². The minimum absolute atomic E-state index is 0.0342. The lowest BCUT2D eigenvalue weighted by atomic mass is 9.94. The number of β-lactam (4-membered cyclic amide) rings is 1. The molecule has 2 fully saturated rings. The first kappa shape index (κ1) is 41.4. The predicted molar refractivity (Wildman–Crippen MR) is 204 cm³/mol. The van der Waals surface area contributed by atoms with Gasteiger partial charge in [-0.15, -0.1) is 11.3 Å². The number of thiol groups is 1. The van der Waals surface area contributed by atoms with Crippen molar-refractivity contribution in [3.05, 3.63) is 76.1 Å². The van der Waals surface area contributed by atoms with Crippen LogP contribution in [-0.4, -0.2) is 121 Å². The van der Waals surface area contributed by atoms with E-state index in [2.05, 4.69) is 42.9 Å². The Morgan fingerprint density at radius 1 is 1.11 bits per heavy atom. The highest BCUT2D eigenvalue weighted by atomic mass is 32.2. The van der Waals surface area contributed by atoms with Gasteiger partial charge in [-0.3, -0.25) is 28.6 Å². The van der Waals surface area contributed by atoms with Gasteiger partial charge in [0.05, 0.1) is 25.4 Å². The average Bonchev–Trinajstić information content (AvgIpc) is 3.92. The first-order valence-electron chi connectivity index (χ1n) is 17.0. The third-order valence-corrected chi connectivity index (χ3v) is 11.2. The number of aromatic nitrogens is 4. The molecule has 2 saturated heterocycles. The zero-order valence-electron chi connectivity index (χ0n) is 29.8. The van der Waals surface area contributed by atoms with E-state index in [1.54, 1.807) is 19.1 Å². The van der Waals surface area contributed by atoms with Gasteiger partial charge in [-0.1, -0.05) is 18.2 Å². The number of likely N-dealkylation sites (tertiary alicyclic amines) is 1. The number of carboxylic acids is 1. The molecule has 1 aromatic carbocycles. The number of hydrogen-bond donors (Lipinski definition) is 8. The number of aliphatic carboxylic acids is 1. The zero-order chi connectivity index (χ0) is 41.0. The number of nitrogens with zero attached hydrogens (tertiary/aromatic N) is 5. The van der Waals surface area contributed by atoms with E-state index < -0.39 is 83.8 Å². The molecule has 2 aliphatic heterocycles. The number of fused-ring (bicyclic) bond motifs is 1. The van der Waals surface area contributed by atoms with E-state index in [9.17, 15) is 42.9 Å². The third kappa shape index (κ3) is 9.34. The molecule has 2 aliphatic rings. The molecule has 0 radical (unpaired) electrons. The van der Waals surface area contributed by atoms with E-state index in [4.69, 9.17) is 19.4 Å². The number of amides is 3. The van der Waals surface area contributed by atoms with Crippen molar-refractivity contribution in [3.8, 4) is 0 Å². The fraction of sp³-hybridized carbons (Fsp3) is 0.364. The second kappa shape index (κ2) is 17.5. The highest BCUT2D eigenvalue weighted by molar-refractivity contribution is 7.84. The van der Waals surface area contributed by atoms with Crippen LogP contribution in [-0.2, 0) is 51.3 Å². The Bertz CT molecular complexity index is 2270. The van der Waals surface area contributed by atoms with Gasteiger partial charge in [-0.2, -0.15) is 25.8 Å². The Kier molecular flexibility index (Phi) is 12.7. The number of imidazole rings is 1. The summed E-state index contributed by atoms with van der Waals surface area (Å²) in [6, 6.07) is 7.88. The number of aliphatic hydroxyl groups excluding tert-OH is 2. The van der Waals surface area contributed by atoms with Crippen LogP contribution in [0.25, 0.3) is 11.2 Å². The number of aliphatic hydroxyl groups is 2. The molecule has 21 nitrogen and oxygen atoms in total. The first-order valence-corrected chi connectivity index (χ1v) is 19.9. The molecular formula is C33H37N9O12S3. The molecule has 8 N–H and O–H groups in total. The third-order valence-electron chi connectivity index (χ3n) is 9.01. The van der Waals surface area contributed by atoms with Gasteiger partial charge < -0.3 is 35.8 Å². The van der Waals surface area contributed by atoms with Crippen LogP contribution >= 0.6 is 24.0 Å². The van der Waals surface area contributed by atoms with Gasteiger partial charge in [-0.25, -0.2) is 24.5 Å². The smallest absolute Gasteiger partial charge is 0.411 e. The predicted octanol–water partition coefficient (Wildman–Crippen LogP) is -0.0844. The lowest BCUT2D eigenvalue weighted by Crippen LogP contribution is -2.69. The van der Waals surface area contributed by atoms with E-state index >= 15 is 0 Å². The monoisotopic (exact) mass is 847 g/mol. The minimum atomic E-state index is -4.37. The van der Waals surface area contributed by atoms with Crippen LogP contribution < -0.4 is 21.1 Å². The summed E-state index contributed by atoms with van der Waals surface area (Å²) in [6.07, 6.45) is -3.80. The fourth-order valence-corrected chi connectivity index (χ4v) is 7.75. The number of nitrogen functional groups attached to an aromatic ring is 1. The van der Waals surface area contributed by atoms with Crippen molar-refractivity contribution in [2.24, 2.45) is 0 Å². The molecule has 57 heavy (non-hydrogen) atoms. The summed E-state index contributed by atoms with van der Waals surface area (Å²) < 4.78 is 44.7. The Morgan fingerprint density at radius 3 is 2.53 bits per heavy atom. The summed E-state index contributed by atoms with van der Waals surface area (Å²) in [6.45, 7) is 0.202. The maximum atomic E-state index is 13.0. The maximum Gasteiger partial charge on any atom is 0.411 e. The molecule has 6 rings (SSSR count). The van der Waals surface area contributed by atoms with Gasteiger partial charge in [-0.05, 0) is 36.1 Å². The lowest BCUT2D eigenvalue weighted by molar-refractivity contribution is -0.153. The number of thiophene rings is 1. The number of anilines is 2. The van der Waals surface area contributed by atoms with Crippen molar-refractivity contribution in [3.63, 3.8) is 0 Å². The topological polar surface area (TPSA) is 300 Å². The zero-order valence-corrected chi connectivity index (χ0v) is 32.3. The Labute approximate surface area is 333 Å². The van der Waals surface area contributed by atoms with E-state index in [0.29, 0.717) is 5.56 Å². The average molecular weight is 848 g/mol. The van der Waals surface area contributed by atoms with Gasteiger partial charge >= 0.3 is 22.4 Å². The van der Waals surface area contributed by atoms with Crippen molar-refractivity contribution in [1.29, 1.82) is 0 Å². The Morgan fingerprint density at radius 2 is 1.86 bits per heavy atom. The normalized spacial score (nSPS) is 22.5. The quantitative estimate of drug-likeness (QED) is 0.0415. The molecule has 0 aliphatic carbocycles. The van der Waals surface area contributed by atoms with Crippen molar-refractivity contribution < 1.29 is 56.6 Å². The van der Waals surface area contributed by atoms with Crippen LogP contribution in [0.1, 0.15) is 23.6 Å². The molecule has 5 heterocycles. The number of benzene rings is 1. The molecule has 24 heteroatoms. The molecule has 4 aromatic rings. The van der Waals surface area contributed by atoms with Crippen molar-refractivity contribution in [2.45, 2.75) is 56.5 Å². The summed E-state index contributed by atoms with van der Waals surface area (Å²) in [5, 5.41) is 38.0. The molecular weight excluding hydrogens is 811 g/mol. The molecule has 304 valence electrons. The van der Waals surface area contributed by atoms with Gasteiger partial charge in [0.1, 0.15) is 48.5 Å². The fourth-order valence-electron chi connectivity index (χ4n) is 6.06. The highest BCUT2D eigenvalue weighted by Gasteiger charge is 2.49. The number of hydrogen-bond acceptors (Lipinski definition) is 17. The number of nitrogens with two attached hydrogens (primary N) is 1. The Hall–Kier alpha value is -5.21. The number of ether oxygens (including phenoxy) is 2. The molecule has 0 spiro atoms. The van der Waals surface area contributed by atoms with Crippen LogP contribution in [0.15, 0.2) is 65.7 Å².